The van der Waals surface area contributed by atoms with Crippen molar-refractivity contribution in [1.29, 1.82) is 0 Å². The van der Waals surface area contributed by atoms with Crippen LogP contribution in [-0.2, 0) is 6.54 Å². The number of ether oxygens (including phenoxy) is 3. The van der Waals surface area contributed by atoms with E-state index in [4.69, 9.17) is 19.2 Å². The number of aromatic nitrogens is 2. The quantitative estimate of drug-likeness (QED) is 0.361. The van der Waals surface area contributed by atoms with Gasteiger partial charge in [-0.1, -0.05) is 42.5 Å². The number of benzene rings is 3. The minimum atomic E-state index is -0.211. The molecular formula is C29H31N3O4. The first-order valence-electron chi connectivity index (χ1n) is 12.1. The van der Waals surface area contributed by atoms with Gasteiger partial charge in [-0.15, -0.1) is 0 Å². The molecule has 5 rings (SSSR count). The average molecular weight is 486 g/mol. The van der Waals surface area contributed by atoms with E-state index in [9.17, 15) is 4.79 Å². The number of imidazole rings is 1. The van der Waals surface area contributed by atoms with Gasteiger partial charge in [0, 0.05) is 19.1 Å². The van der Waals surface area contributed by atoms with Gasteiger partial charge in [-0.2, -0.15) is 0 Å². The Labute approximate surface area is 212 Å². The Balaban J connectivity index is 0.00000320. The first-order valence-corrected chi connectivity index (χ1v) is 12.1. The topological polar surface area (TPSA) is 74.6 Å². The largest absolute Gasteiger partial charge is 0.497 e. The van der Waals surface area contributed by atoms with Crippen LogP contribution in [0.3, 0.4) is 0 Å². The molecule has 0 spiro atoms. The Morgan fingerprint density at radius 2 is 1.75 bits per heavy atom. The summed E-state index contributed by atoms with van der Waals surface area (Å²) in [6.45, 7) is 5.58. The molecule has 0 aliphatic carbocycles. The molecule has 2 heterocycles. The van der Waals surface area contributed by atoms with Crippen molar-refractivity contribution in [2.45, 2.75) is 26.4 Å². The first-order chi connectivity index (χ1) is 17.6. The van der Waals surface area contributed by atoms with Gasteiger partial charge < -0.3 is 24.1 Å². The lowest BCUT2D eigenvalue weighted by Crippen LogP contribution is -2.29. The van der Waals surface area contributed by atoms with E-state index in [0.717, 1.165) is 28.3 Å². The smallest absolute Gasteiger partial charge is 0.270 e. The molecule has 3 aromatic carbocycles. The Bertz CT molecular complexity index is 1370. The average Bonchev–Trinajstić information content (AvgIpc) is 3.33. The van der Waals surface area contributed by atoms with Gasteiger partial charge in [0.25, 0.3) is 5.91 Å². The van der Waals surface area contributed by atoms with Crippen molar-refractivity contribution < 1.29 is 20.4 Å². The normalized spacial score (nSPS) is 13.2. The molecule has 0 saturated heterocycles. The van der Waals surface area contributed by atoms with Gasteiger partial charge >= 0.3 is 0 Å². The zero-order valence-corrected chi connectivity index (χ0v) is 20.7. The highest BCUT2D eigenvalue weighted by molar-refractivity contribution is 6.00. The van der Waals surface area contributed by atoms with Gasteiger partial charge in [-0.05, 0) is 49.7 Å². The monoisotopic (exact) mass is 485 g/mol. The molecule has 0 saturated carbocycles. The second-order valence-corrected chi connectivity index (χ2v) is 8.57. The number of nitrogens with zero attached hydrogens (tertiary/aromatic N) is 2. The van der Waals surface area contributed by atoms with Crippen LogP contribution in [0.25, 0.3) is 22.6 Å². The number of nitrogens with one attached hydrogen (secondary N) is 1. The number of hydrogen-bond donors (Lipinski definition) is 1. The summed E-state index contributed by atoms with van der Waals surface area (Å²) in [5.74, 6) is 2.67. The van der Waals surface area contributed by atoms with Crippen LogP contribution >= 0.6 is 0 Å². The van der Waals surface area contributed by atoms with Crippen molar-refractivity contribution in [2.24, 2.45) is 0 Å². The molecule has 0 unspecified atom stereocenters. The fourth-order valence-electron chi connectivity index (χ4n) is 4.43. The Morgan fingerprint density at radius 3 is 2.44 bits per heavy atom. The predicted molar refractivity (Wildman–Crippen MR) is 141 cm³/mol. The minimum Gasteiger partial charge on any atom is -0.497 e. The summed E-state index contributed by atoms with van der Waals surface area (Å²) in [4.78, 5) is 18.8. The van der Waals surface area contributed by atoms with E-state index >= 15 is 0 Å². The van der Waals surface area contributed by atoms with Crippen LogP contribution in [0, 0.1) is 0 Å². The maximum absolute atomic E-state index is 13.8. The molecule has 1 aromatic heterocycles. The van der Waals surface area contributed by atoms with Crippen molar-refractivity contribution in [1.82, 2.24) is 14.9 Å². The third-order valence-electron chi connectivity index (χ3n) is 6.31. The molecule has 1 aliphatic rings. The van der Waals surface area contributed by atoms with Gasteiger partial charge in [0.05, 0.1) is 13.2 Å². The van der Waals surface area contributed by atoms with Crippen LogP contribution in [0.4, 0.5) is 0 Å². The van der Waals surface area contributed by atoms with Crippen molar-refractivity contribution in [3.8, 4) is 39.9 Å². The second kappa shape index (κ2) is 10.2. The molecule has 0 radical (unpaired) electrons. The second-order valence-electron chi connectivity index (χ2n) is 8.57. The Kier molecular flexibility index (Phi) is 6.62. The molecule has 0 fully saturated rings. The van der Waals surface area contributed by atoms with Crippen molar-refractivity contribution >= 4 is 5.91 Å². The van der Waals surface area contributed by atoms with Crippen molar-refractivity contribution in [2.75, 3.05) is 20.3 Å². The molecule has 7 heteroatoms. The van der Waals surface area contributed by atoms with Gasteiger partial charge in [0.1, 0.15) is 36.2 Å². The van der Waals surface area contributed by atoms with E-state index in [0.29, 0.717) is 42.6 Å². The third kappa shape index (κ3) is 4.52. The summed E-state index contributed by atoms with van der Waals surface area (Å²) < 4.78 is 18.7. The van der Waals surface area contributed by atoms with Gasteiger partial charge in [-0.3, -0.25) is 4.79 Å². The number of fused-ring (bicyclic) bond motifs is 1. The number of methoxy groups -OCH3 is 1. The lowest BCUT2D eigenvalue weighted by molar-refractivity contribution is 0.0931. The van der Waals surface area contributed by atoms with Crippen LogP contribution in [-0.4, -0.2) is 35.8 Å². The number of rotatable bonds is 7. The highest BCUT2D eigenvalue weighted by Gasteiger charge is 2.26. The lowest BCUT2D eigenvalue weighted by Gasteiger charge is -2.19. The molecule has 4 aromatic rings. The van der Waals surface area contributed by atoms with Crippen LogP contribution in [0.1, 0.15) is 37.4 Å². The SMILES string of the molecule is CCn1c(-c2ccccc2)nc(-c2ccc3c(c2)OCCO3)c1C(=O)N[C@H](C)c1ccc(OC)cc1.[HH]. The number of amides is 1. The van der Waals surface area contributed by atoms with Crippen molar-refractivity contribution in [3.63, 3.8) is 0 Å². The number of carbonyl (C=O) groups is 1. The standard InChI is InChI=1S/C29H29N3O4.H2/c1-4-32-27(29(33)30-19(2)20-10-13-23(34-3)14-11-20)26(31-28(32)21-8-6-5-7-9-21)22-12-15-24-25(18-22)36-17-16-35-24;/h5-15,18-19H,4,16-17H2,1-3H3,(H,30,33);1H/t19-;/m1./s1. The fraction of sp³-hybridized carbons (Fsp3) is 0.241. The van der Waals surface area contributed by atoms with Gasteiger partial charge in [0.15, 0.2) is 11.5 Å². The molecule has 1 amide bonds. The van der Waals surface area contributed by atoms with Crippen LogP contribution in [0.5, 0.6) is 17.2 Å². The number of carbonyl (C=O) groups excluding carboxylic acids is 1. The Morgan fingerprint density at radius 1 is 1.03 bits per heavy atom. The van der Waals surface area contributed by atoms with Crippen molar-refractivity contribution in [3.05, 3.63) is 84.1 Å². The summed E-state index contributed by atoms with van der Waals surface area (Å²) >= 11 is 0. The molecule has 36 heavy (non-hydrogen) atoms. The maximum atomic E-state index is 13.8. The summed E-state index contributed by atoms with van der Waals surface area (Å²) in [5.41, 5.74) is 3.84. The molecule has 1 N–H and O–H groups in total. The molecule has 1 aliphatic heterocycles. The summed E-state index contributed by atoms with van der Waals surface area (Å²) in [6, 6.07) is 23.1. The van der Waals surface area contributed by atoms with Gasteiger partial charge in [-0.25, -0.2) is 4.98 Å². The minimum absolute atomic E-state index is 0. The predicted octanol–water partition coefficient (Wildman–Crippen LogP) is 5.75. The van der Waals surface area contributed by atoms with E-state index in [1.54, 1.807) is 7.11 Å². The van der Waals surface area contributed by atoms with E-state index in [1.807, 2.05) is 91.2 Å². The summed E-state index contributed by atoms with van der Waals surface area (Å²) in [7, 11) is 1.63. The fourth-order valence-corrected chi connectivity index (χ4v) is 4.43. The van der Waals surface area contributed by atoms with E-state index in [-0.39, 0.29) is 13.4 Å². The third-order valence-corrected chi connectivity index (χ3v) is 6.31. The van der Waals surface area contributed by atoms with Crippen LogP contribution in [0.15, 0.2) is 72.8 Å². The first kappa shape index (κ1) is 23.5. The molecule has 0 bridgehead atoms. The van der Waals surface area contributed by atoms with Crippen LogP contribution in [0.2, 0.25) is 0 Å². The lowest BCUT2D eigenvalue weighted by atomic mass is 10.1. The Hall–Kier alpha value is -4.26. The molecule has 186 valence electrons. The molecule has 1 atom stereocenters. The van der Waals surface area contributed by atoms with Gasteiger partial charge in [0.2, 0.25) is 0 Å². The van der Waals surface area contributed by atoms with Crippen LogP contribution < -0.4 is 19.5 Å². The zero-order valence-electron chi connectivity index (χ0n) is 20.7. The molecule has 7 nitrogen and oxygen atoms in total. The zero-order chi connectivity index (χ0) is 25.1. The van der Waals surface area contributed by atoms with E-state index < -0.39 is 0 Å². The molecular weight excluding hydrogens is 454 g/mol. The highest BCUT2D eigenvalue weighted by Crippen LogP contribution is 2.37. The van der Waals surface area contributed by atoms with E-state index in [2.05, 4.69) is 5.32 Å². The maximum Gasteiger partial charge on any atom is 0.270 e. The highest BCUT2D eigenvalue weighted by atomic mass is 16.6. The number of hydrogen-bond acceptors (Lipinski definition) is 5. The van der Waals surface area contributed by atoms with E-state index in [1.165, 1.54) is 0 Å². The summed E-state index contributed by atoms with van der Waals surface area (Å²) in [6.07, 6.45) is 0. The summed E-state index contributed by atoms with van der Waals surface area (Å²) in [5, 5.41) is 3.17.